The smallest absolute Gasteiger partial charge is 0.224 e. The van der Waals surface area contributed by atoms with Crippen molar-refractivity contribution in [1.82, 2.24) is 10.2 Å². The van der Waals surface area contributed by atoms with E-state index in [2.05, 4.69) is 32.5 Å². The van der Waals surface area contributed by atoms with Crippen LogP contribution in [0.2, 0.25) is 0 Å². The van der Waals surface area contributed by atoms with Crippen LogP contribution < -0.4 is 10.2 Å². The van der Waals surface area contributed by atoms with Crippen molar-refractivity contribution in [3.63, 3.8) is 0 Å². The highest BCUT2D eigenvalue weighted by Crippen LogP contribution is 2.22. The van der Waals surface area contributed by atoms with Gasteiger partial charge in [0.2, 0.25) is 5.91 Å². The van der Waals surface area contributed by atoms with Crippen molar-refractivity contribution in [2.24, 2.45) is 0 Å². The highest BCUT2D eigenvalue weighted by Gasteiger charge is 2.13. The number of carbonyl (C=O) groups excluding carboxylic acids is 1. The monoisotopic (exact) mass is 402 g/mol. The minimum Gasteiger partial charge on any atom is -0.378 e. The molecule has 0 bridgehead atoms. The number of nitrogens with zero attached hydrogens (tertiary/aromatic N) is 3. The zero-order valence-electron chi connectivity index (χ0n) is 17.0. The molecule has 1 saturated heterocycles. The van der Waals surface area contributed by atoms with E-state index in [1.807, 2.05) is 54.6 Å². The molecule has 154 valence electrons. The Labute approximate surface area is 176 Å². The van der Waals surface area contributed by atoms with Crippen molar-refractivity contribution in [1.29, 1.82) is 0 Å². The zero-order valence-corrected chi connectivity index (χ0v) is 17.0. The van der Waals surface area contributed by atoms with Gasteiger partial charge >= 0.3 is 0 Å². The maximum absolute atomic E-state index is 12.3. The third kappa shape index (κ3) is 5.42. The highest BCUT2D eigenvalue weighted by molar-refractivity contribution is 5.91. The minimum atomic E-state index is 0.0248. The molecule has 1 fully saturated rings. The molecule has 0 unspecified atom stereocenters. The van der Waals surface area contributed by atoms with Crippen LogP contribution in [-0.2, 0) is 16.0 Å². The largest absolute Gasteiger partial charge is 0.378 e. The maximum Gasteiger partial charge on any atom is 0.224 e. The number of aryl methyl sites for hydroxylation is 1. The predicted octanol–water partition coefficient (Wildman–Crippen LogP) is 3.94. The van der Waals surface area contributed by atoms with Crippen LogP contribution >= 0.6 is 0 Å². The number of morpholine rings is 1. The summed E-state index contributed by atoms with van der Waals surface area (Å²) >= 11 is 0. The van der Waals surface area contributed by atoms with Crippen LogP contribution in [0.5, 0.6) is 0 Å². The van der Waals surface area contributed by atoms with Gasteiger partial charge in [-0.1, -0.05) is 42.5 Å². The Kier molecular flexibility index (Phi) is 6.67. The lowest BCUT2D eigenvalue weighted by Gasteiger charge is -2.27. The first kappa shape index (κ1) is 20.0. The summed E-state index contributed by atoms with van der Waals surface area (Å²) in [5, 5.41) is 11.7. The molecule has 0 atom stereocenters. The summed E-state index contributed by atoms with van der Waals surface area (Å²) in [6.07, 6.45) is 2.22. The third-order valence-electron chi connectivity index (χ3n) is 5.14. The van der Waals surface area contributed by atoms with E-state index in [4.69, 9.17) is 4.74 Å². The van der Waals surface area contributed by atoms with E-state index in [1.54, 1.807) is 0 Å². The first-order valence-corrected chi connectivity index (χ1v) is 10.4. The van der Waals surface area contributed by atoms with Crippen molar-refractivity contribution in [2.45, 2.75) is 19.3 Å². The van der Waals surface area contributed by atoms with E-state index in [9.17, 15) is 4.79 Å². The van der Waals surface area contributed by atoms with E-state index < -0.39 is 0 Å². The van der Waals surface area contributed by atoms with Crippen LogP contribution in [0.1, 0.15) is 18.4 Å². The van der Waals surface area contributed by atoms with Gasteiger partial charge in [0.25, 0.3) is 0 Å². The van der Waals surface area contributed by atoms with Gasteiger partial charge in [0.15, 0.2) is 5.82 Å². The van der Waals surface area contributed by atoms with Gasteiger partial charge in [-0.3, -0.25) is 4.79 Å². The van der Waals surface area contributed by atoms with Gasteiger partial charge in [-0.15, -0.1) is 10.2 Å². The third-order valence-corrected chi connectivity index (χ3v) is 5.14. The molecule has 30 heavy (non-hydrogen) atoms. The van der Waals surface area contributed by atoms with Crippen LogP contribution in [0.15, 0.2) is 66.7 Å². The number of carbonyl (C=O) groups is 1. The summed E-state index contributed by atoms with van der Waals surface area (Å²) in [7, 11) is 0. The molecular weight excluding hydrogens is 376 g/mol. The van der Waals surface area contributed by atoms with E-state index >= 15 is 0 Å². The molecule has 2 heterocycles. The summed E-state index contributed by atoms with van der Waals surface area (Å²) in [6, 6.07) is 21.9. The van der Waals surface area contributed by atoms with Crippen molar-refractivity contribution in [3.05, 3.63) is 72.3 Å². The van der Waals surface area contributed by atoms with E-state index in [1.165, 1.54) is 5.56 Å². The summed E-state index contributed by atoms with van der Waals surface area (Å²) in [5.74, 6) is 0.891. The van der Waals surface area contributed by atoms with Crippen molar-refractivity contribution < 1.29 is 9.53 Å². The summed E-state index contributed by atoms with van der Waals surface area (Å²) in [4.78, 5) is 14.5. The van der Waals surface area contributed by atoms with Gasteiger partial charge < -0.3 is 15.0 Å². The fraction of sp³-hybridized carbons (Fsp3) is 0.292. The fourth-order valence-electron chi connectivity index (χ4n) is 3.52. The molecule has 3 aromatic rings. The number of benzene rings is 2. The quantitative estimate of drug-likeness (QED) is 0.648. The molecule has 1 amide bonds. The molecule has 0 aliphatic carbocycles. The second-order valence-corrected chi connectivity index (χ2v) is 7.34. The van der Waals surface area contributed by atoms with Gasteiger partial charge in [-0.05, 0) is 42.7 Å². The van der Waals surface area contributed by atoms with Gasteiger partial charge in [0.05, 0.1) is 18.9 Å². The molecule has 6 nitrogen and oxygen atoms in total. The Morgan fingerprint density at radius 3 is 2.57 bits per heavy atom. The lowest BCUT2D eigenvalue weighted by molar-refractivity contribution is -0.116. The number of amides is 1. The van der Waals surface area contributed by atoms with Gasteiger partial charge in [-0.25, -0.2) is 0 Å². The maximum atomic E-state index is 12.3. The Morgan fingerprint density at radius 2 is 1.80 bits per heavy atom. The minimum absolute atomic E-state index is 0.0248. The first-order valence-electron chi connectivity index (χ1n) is 10.4. The molecule has 1 aromatic heterocycles. The molecule has 0 radical (unpaired) electrons. The average molecular weight is 402 g/mol. The first-order chi connectivity index (χ1) is 14.8. The molecule has 0 spiro atoms. The van der Waals surface area contributed by atoms with Crippen LogP contribution in [-0.4, -0.2) is 42.4 Å². The number of anilines is 2. The Hall–Kier alpha value is -3.25. The van der Waals surface area contributed by atoms with E-state index in [0.29, 0.717) is 6.42 Å². The Morgan fingerprint density at radius 1 is 0.967 bits per heavy atom. The number of rotatable bonds is 7. The number of nitrogens with one attached hydrogen (secondary N) is 1. The highest BCUT2D eigenvalue weighted by atomic mass is 16.5. The number of ether oxygens (including phenoxy) is 1. The summed E-state index contributed by atoms with van der Waals surface area (Å²) in [5.41, 5.74) is 3.74. The van der Waals surface area contributed by atoms with Crippen molar-refractivity contribution >= 4 is 17.4 Å². The predicted molar refractivity (Wildman–Crippen MR) is 119 cm³/mol. The van der Waals surface area contributed by atoms with Crippen molar-refractivity contribution in [3.8, 4) is 11.3 Å². The second kappa shape index (κ2) is 9.98. The lowest BCUT2D eigenvalue weighted by Crippen LogP contribution is -2.36. The zero-order chi connectivity index (χ0) is 20.6. The van der Waals surface area contributed by atoms with E-state index in [0.717, 1.165) is 61.9 Å². The lowest BCUT2D eigenvalue weighted by atomic mass is 10.1. The molecule has 1 N–H and O–H groups in total. The SMILES string of the molecule is O=C(CCCc1ccccc1)Nc1cccc(-c2ccc(N3CCOCC3)nn2)c1. The molecule has 6 heteroatoms. The van der Waals surface area contributed by atoms with Crippen molar-refractivity contribution in [2.75, 3.05) is 36.5 Å². The molecule has 0 saturated carbocycles. The Balaban J connectivity index is 1.33. The number of hydrogen-bond donors (Lipinski definition) is 1. The summed E-state index contributed by atoms with van der Waals surface area (Å²) < 4.78 is 5.38. The van der Waals surface area contributed by atoms with E-state index in [-0.39, 0.29) is 5.91 Å². The van der Waals surface area contributed by atoms with Gasteiger partial charge in [0, 0.05) is 30.8 Å². The number of hydrogen-bond acceptors (Lipinski definition) is 5. The van der Waals surface area contributed by atoms with Crippen LogP contribution in [0.25, 0.3) is 11.3 Å². The molecule has 1 aliphatic heterocycles. The standard InChI is InChI=1S/C24H26N4O2/c29-24(11-4-8-19-6-2-1-3-7-19)25-21-10-5-9-20(18-21)22-12-13-23(27-26-22)28-14-16-30-17-15-28/h1-3,5-7,9-10,12-13,18H,4,8,11,14-17H2,(H,25,29). The Bertz CT molecular complexity index is 954. The number of aromatic nitrogens is 2. The average Bonchev–Trinajstić information content (AvgIpc) is 2.81. The summed E-state index contributed by atoms with van der Waals surface area (Å²) in [6.45, 7) is 3.10. The normalized spacial score (nSPS) is 13.8. The molecule has 4 rings (SSSR count). The molecular formula is C24H26N4O2. The topological polar surface area (TPSA) is 67.4 Å². The second-order valence-electron chi connectivity index (χ2n) is 7.34. The van der Waals surface area contributed by atoms with Crippen LogP contribution in [0.4, 0.5) is 11.5 Å². The molecule has 1 aliphatic rings. The van der Waals surface area contributed by atoms with Gasteiger partial charge in [0.1, 0.15) is 0 Å². The molecule has 2 aromatic carbocycles. The van der Waals surface area contributed by atoms with Gasteiger partial charge in [-0.2, -0.15) is 0 Å². The van der Waals surface area contributed by atoms with Crippen LogP contribution in [0, 0.1) is 0 Å². The fourth-order valence-corrected chi connectivity index (χ4v) is 3.52. The van der Waals surface area contributed by atoms with Crippen LogP contribution in [0.3, 0.4) is 0 Å².